The number of urea groups is 1. The fourth-order valence-electron chi connectivity index (χ4n) is 2.47. The van der Waals surface area contributed by atoms with E-state index in [1.165, 1.54) is 16.1 Å². The van der Waals surface area contributed by atoms with Crippen LogP contribution in [-0.2, 0) is 4.79 Å². The molecule has 1 fully saturated rings. The molecule has 1 saturated heterocycles. The number of imide groups is 1. The van der Waals surface area contributed by atoms with Crippen LogP contribution in [0.1, 0.15) is 33.1 Å². The number of hydrogen-bond donors (Lipinski definition) is 1. The maximum absolute atomic E-state index is 12.4. The van der Waals surface area contributed by atoms with Gasteiger partial charge in [-0.25, -0.2) is 14.8 Å². The molecular weight excluding hydrogens is 260 g/mol. The van der Waals surface area contributed by atoms with Gasteiger partial charge in [0.1, 0.15) is 6.34 Å². The van der Waals surface area contributed by atoms with Crippen molar-refractivity contribution in [2.75, 3.05) is 13.6 Å². The zero-order chi connectivity index (χ0) is 14.9. The van der Waals surface area contributed by atoms with E-state index in [1.54, 1.807) is 20.9 Å². The molecule has 2 aliphatic heterocycles. The van der Waals surface area contributed by atoms with E-state index in [9.17, 15) is 14.7 Å². The molecule has 0 saturated carbocycles. The Bertz CT molecular complexity index is 486. The Kier molecular flexibility index (Phi) is 3.89. The first-order valence-electron chi connectivity index (χ1n) is 6.77. The fourth-order valence-corrected chi connectivity index (χ4v) is 2.47. The summed E-state index contributed by atoms with van der Waals surface area (Å²) in [7, 11) is 1.60. The fraction of sp³-hybridized carbons (Fsp3) is 0.692. The summed E-state index contributed by atoms with van der Waals surface area (Å²) in [4.78, 5) is 35.4. The quantitative estimate of drug-likeness (QED) is 0.749. The molecule has 20 heavy (non-hydrogen) atoms. The predicted octanol–water partition coefficient (Wildman–Crippen LogP) is 0.631. The van der Waals surface area contributed by atoms with Gasteiger partial charge in [-0.15, -0.1) is 0 Å². The predicted molar refractivity (Wildman–Crippen MR) is 74.7 cm³/mol. The summed E-state index contributed by atoms with van der Waals surface area (Å²) in [6, 6.07) is -0.367. The lowest BCUT2D eigenvalue weighted by Gasteiger charge is -2.39. The molecule has 1 unspecified atom stereocenters. The summed E-state index contributed by atoms with van der Waals surface area (Å²) >= 11 is 0. The third-order valence-electron chi connectivity index (χ3n) is 3.68. The molecule has 0 aromatic heterocycles. The van der Waals surface area contributed by atoms with Gasteiger partial charge < -0.3 is 5.11 Å². The number of amidine groups is 1. The van der Waals surface area contributed by atoms with Crippen LogP contribution in [-0.4, -0.2) is 64.3 Å². The van der Waals surface area contributed by atoms with Gasteiger partial charge in [0.15, 0.2) is 11.4 Å². The van der Waals surface area contributed by atoms with Crippen molar-refractivity contribution in [2.24, 2.45) is 9.98 Å². The van der Waals surface area contributed by atoms with Gasteiger partial charge in [0.25, 0.3) is 5.91 Å². The Balaban J connectivity index is 2.06. The summed E-state index contributed by atoms with van der Waals surface area (Å²) in [5, 5.41) is 9.21. The third kappa shape index (κ3) is 2.33. The SMILES string of the molecule is C[C@@H](O)CCCCN1C(=O)N(C)C2=NC=NC2(C)C1=O. The Morgan fingerprint density at radius 3 is 2.75 bits per heavy atom. The van der Waals surface area contributed by atoms with Crippen molar-refractivity contribution in [3.05, 3.63) is 0 Å². The molecule has 0 bridgehead atoms. The van der Waals surface area contributed by atoms with Gasteiger partial charge in [-0.05, 0) is 33.1 Å². The summed E-state index contributed by atoms with van der Waals surface area (Å²) in [6.45, 7) is 3.73. The van der Waals surface area contributed by atoms with Crippen molar-refractivity contribution >= 4 is 24.1 Å². The van der Waals surface area contributed by atoms with Crippen molar-refractivity contribution < 1.29 is 14.7 Å². The highest BCUT2D eigenvalue weighted by Crippen LogP contribution is 2.28. The lowest BCUT2D eigenvalue weighted by Crippen LogP contribution is -2.65. The van der Waals surface area contributed by atoms with Crippen molar-refractivity contribution in [3.63, 3.8) is 0 Å². The van der Waals surface area contributed by atoms with E-state index in [2.05, 4.69) is 9.98 Å². The number of aliphatic hydroxyl groups excluding tert-OH is 1. The van der Waals surface area contributed by atoms with Crippen LogP contribution in [0.5, 0.6) is 0 Å². The van der Waals surface area contributed by atoms with E-state index < -0.39 is 5.54 Å². The Hall–Kier alpha value is -1.76. The molecule has 0 aromatic carbocycles. The van der Waals surface area contributed by atoms with Crippen LogP contribution < -0.4 is 0 Å². The molecule has 7 nitrogen and oxygen atoms in total. The van der Waals surface area contributed by atoms with E-state index in [0.717, 1.165) is 6.42 Å². The number of aliphatic imine (C=N–C) groups is 2. The molecular formula is C13H20N4O3. The van der Waals surface area contributed by atoms with Crippen molar-refractivity contribution in [1.29, 1.82) is 0 Å². The summed E-state index contributed by atoms with van der Waals surface area (Å²) in [6.07, 6.45) is 3.06. The number of unbranched alkanes of at least 4 members (excludes halogenated alkanes) is 1. The molecule has 0 aromatic rings. The number of hydrogen-bond acceptors (Lipinski definition) is 5. The van der Waals surface area contributed by atoms with Crippen LogP contribution >= 0.6 is 0 Å². The van der Waals surface area contributed by atoms with Gasteiger partial charge in [-0.3, -0.25) is 14.6 Å². The van der Waals surface area contributed by atoms with Gasteiger partial charge in [0.2, 0.25) is 0 Å². The average Bonchev–Trinajstić information content (AvgIpc) is 2.79. The second-order valence-electron chi connectivity index (χ2n) is 5.41. The van der Waals surface area contributed by atoms with Crippen molar-refractivity contribution in [1.82, 2.24) is 9.80 Å². The zero-order valence-electron chi connectivity index (χ0n) is 12.0. The first-order valence-corrected chi connectivity index (χ1v) is 6.77. The molecule has 2 aliphatic rings. The molecule has 0 radical (unpaired) electrons. The highest BCUT2D eigenvalue weighted by molar-refractivity contribution is 6.26. The van der Waals surface area contributed by atoms with Gasteiger partial charge in [0.05, 0.1) is 6.10 Å². The number of carbonyl (C=O) groups is 2. The second-order valence-corrected chi connectivity index (χ2v) is 5.41. The molecule has 1 N–H and O–H groups in total. The largest absolute Gasteiger partial charge is 0.393 e. The third-order valence-corrected chi connectivity index (χ3v) is 3.68. The second kappa shape index (κ2) is 5.32. The van der Waals surface area contributed by atoms with Gasteiger partial charge >= 0.3 is 6.03 Å². The maximum Gasteiger partial charge on any atom is 0.331 e. The normalized spacial score (nSPS) is 26.9. The number of carbonyl (C=O) groups excluding carboxylic acids is 2. The standard InChI is InChI=1S/C13H20N4O3/c1-9(18)6-4-5-7-17-11(19)13(2)10(14-8-15-13)16(3)12(17)20/h8-9,18H,4-7H2,1-3H3/t9-,13?/m1/s1. The van der Waals surface area contributed by atoms with Crippen LogP contribution in [0.25, 0.3) is 0 Å². The highest BCUT2D eigenvalue weighted by Gasteiger charge is 2.52. The number of likely N-dealkylation sites (N-methyl/N-ethyl adjacent to an activating group) is 1. The van der Waals surface area contributed by atoms with Crippen LogP contribution in [0.4, 0.5) is 4.79 Å². The molecule has 3 amide bonds. The minimum atomic E-state index is -1.08. The molecule has 7 heteroatoms. The first kappa shape index (κ1) is 14.6. The molecule has 110 valence electrons. The molecule has 0 spiro atoms. The number of rotatable bonds is 5. The van der Waals surface area contributed by atoms with Crippen LogP contribution in [0.3, 0.4) is 0 Å². The van der Waals surface area contributed by atoms with Crippen LogP contribution in [0.2, 0.25) is 0 Å². The topological polar surface area (TPSA) is 85.6 Å². The van der Waals surface area contributed by atoms with Crippen molar-refractivity contribution in [3.8, 4) is 0 Å². The average molecular weight is 280 g/mol. The number of fused-ring (bicyclic) bond motifs is 1. The van der Waals surface area contributed by atoms with E-state index in [0.29, 0.717) is 25.2 Å². The van der Waals surface area contributed by atoms with Crippen LogP contribution in [0.15, 0.2) is 9.98 Å². The highest BCUT2D eigenvalue weighted by atomic mass is 16.3. The van der Waals surface area contributed by atoms with Gasteiger partial charge in [-0.1, -0.05) is 0 Å². The molecule has 0 aliphatic carbocycles. The van der Waals surface area contributed by atoms with E-state index in [4.69, 9.17) is 0 Å². The Morgan fingerprint density at radius 2 is 2.10 bits per heavy atom. The molecule has 2 heterocycles. The maximum atomic E-state index is 12.4. The lowest BCUT2D eigenvalue weighted by molar-refractivity contribution is -0.132. The van der Waals surface area contributed by atoms with Gasteiger partial charge in [-0.2, -0.15) is 0 Å². The monoisotopic (exact) mass is 280 g/mol. The summed E-state index contributed by atoms with van der Waals surface area (Å²) in [5.41, 5.74) is -1.08. The van der Waals surface area contributed by atoms with Crippen molar-refractivity contribution in [2.45, 2.75) is 44.8 Å². The zero-order valence-corrected chi connectivity index (χ0v) is 12.0. The minimum absolute atomic E-state index is 0.329. The smallest absolute Gasteiger partial charge is 0.331 e. The first-order chi connectivity index (χ1) is 9.38. The van der Waals surface area contributed by atoms with Gasteiger partial charge in [0, 0.05) is 13.6 Å². The Morgan fingerprint density at radius 1 is 1.40 bits per heavy atom. The molecule has 2 atom stereocenters. The van der Waals surface area contributed by atoms with E-state index >= 15 is 0 Å². The summed E-state index contributed by atoms with van der Waals surface area (Å²) in [5.74, 6) is 0.0536. The van der Waals surface area contributed by atoms with E-state index in [1.807, 2.05) is 0 Å². The number of amides is 3. The molecule has 2 rings (SSSR count). The lowest BCUT2D eigenvalue weighted by atomic mass is 9.96. The number of aliphatic hydroxyl groups is 1. The number of nitrogens with zero attached hydrogens (tertiary/aromatic N) is 4. The minimum Gasteiger partial charge on any atom is -0.393 e. The Labute approximate surface area is 118 Å². The summed E-state index contributed by atoms with van der Waals surface area (Å²) < 4.78 is 0. The van der Waals surface area contributed by atoms with E-state index in [-0.39, 0.29) is 18.0 Å². The van der Waals surface area contributed by atoms with Crippen LogP contribution in [0, 0.1) is 0 Å².